The fraction of sp³-hybridized carbons (Fsp3) is 0.562. The molecule has 3 rings (SSSR count). The van der Waals surface area contributed by atoms with Gasteiger partial charge in [-0.3, -0.25) is 9.69 Å². The predicted octanol–water partition coefficient (Wildman–Crippen LogP) is 1.56. The van der Waals surface area contributed by atoms with Gasteiger partial charge in [0.15, 0.2) is 0 Å². The Labute approximate surface area is 124 Å². The summed E-state index contributed by atoms with van der Waals surface area (Å²) in [7, 11) is 0. The Bertz CT molecular complexity index is 523. The zero-order valence-corrected chi connectivity index (χ0v) is 12.0. The highest BCUT2D eigenvalue weighted by molar-refractivity contribution is 5.78. The summed E-state index contributed by atoms with van der Waals surface area (Å²) in [6, 6.07) is 6.62. The summed E-state index contributed by atoms with van der Waals surface area (Å²) in [6.07, 6.45) is 1.83. The topological polar surface area (TPSA) is 43.8 Å². The minimum Gasteiger partial charge on any atom is -0.392 e. The van der Waals surface area contributed by atoms with E-state index in [0.29, 0.717) is 25.9 Å². The van der Waals surface area contributed by atoms with Crippen molar-refractivity contribution < 1.29 is 14.3 Å². The lowest BCUT2D eigenvalue weighted by Gasteiger charge is -2.27. The van der Waals surface area contributed by atoms with Crippen LogP contribution in [0, 0.1) is 5.82 Å². The van der Waals surface area contributed by atoms with Crippen LogP contribution in [0.25, 0.3) is 0 Å². The van der Waals surface area contributed by atoms with E-state index >= 15 is 0 Å². The van der Waals surface area contributed by atoms with Gasteiger partial charge in [0, 0.05) is 38.6 Å². The number of carbonyl (C=O) groups excluding carboxylic acids is 1. The molecule has 1 aromatic carbocycles. The molecule has 1 N–H and O–H groups in total. The number of likely N-dealkylation sites (tertiary alicyclic amines) is 2. The number of hydrogen-bond donors (Lipinski definition) is 1. The van der Waals surface area contributed by atoms with Crippen molar-refractivity contribution in [1.29, 1.82) is 0 Å². The van der Waals surface area contributed by atoms with Crippen molar-refractivity contribution in [2.24, 2.45) is 0 Å². The predicted molar refractivity (Wildman–Crippen MR) is 77.2 cm³/mol. The minimum atomic E-state index is -0.382. The number of amides is 1. The summed E-state index contributed by atoms with van der Waals surface area (Å²) >= 11 is 0. The number of β-amino-alcohol motifs (C(OH)–C–C–N with tert-alkyl or cyclic N) is 1. The Kier molecular flexibility index (Phi) is 4.22. The van der Waals surface area contributed by atoms with Gasteiger partial charge in [-0.15, -0.1) is 0 Å². The van der Waals surface area contributed by atoms with Crippen LogP contribution in [0.3, 0.4) is 0 Å². The van der Waals surface area contributed by atoms with E-state index in [9.17, 15) is 14.3 Å². The molecule has 114 valence electrons. The minimum absolute atomic E-state index is 0.0356. The maximum absolute atomic E-state index is 13.4. The Hall–Kier alpha value is -1.46. The van der Waals surface area contributed by atoms with Gasteiger partial charge in [-0.25, -0.2) is 4.39 Å². The van der Waals surface area contributed by atoms with Gasteiger partial charge in [-0.1, -0.05) is 12.1 Å². The van der Waals surface area contributed by atoms with Gasteiger partial charge in [0.2, 0.25) is 5.91 Å². The number of rotatable bonds is 4. The molecule has 0 spiro atoms. The van der Waals surface area contributed by atoms with Crippen LogP contribution < -0.4 is 0 Å². The molecule has 1 amide bonds. The summed E-state index contributed by atoms with van der Waals surface area (Å²) in [5, 5.41) is 9.93. The molecule has 2 saturated heterocycles. The first-order valence-corrected chi connectivity index (χ1v) is 7.59. The van der Waals surface area contributed by atoms with E-state index in [4.69, 9.17) is 0 Å². The van der Waals surface area contributed by atoms with Crippen LogP contribution in [0.2, 0.25) is 0 Å². The maximum Gasteiger partial charge on any atom is 0.222 e. The van der Waals surface area contributed by atoms with Crippen molar-refractivity contribution >= 4 is 5.91 Å². The summed E-state index contributed by atoms with van der Waals surface area (Å²) in [4.78, 5) is 15.7. The monoisotopic (exact) mass is 292 g/mol. The molecule has 5 heteroatoms. The fourth-order valence-electron chi connectivity index (χ4n) is 3.38. The summed E-state index contributed by atoms with van der Waals surface area (Å²) in [5.41, 5.74) is 0.902. The summed E-state index contributed by atoms with van der Waals surface area (Å²) in [6.45, 7) is 2.84. The number of halogens is 1. The van der Waals surface area contributed by atoms with Crippen LogP contribution in [0.15, 0.2) is 24.3 Å². The normalized spacial score (nSPS) is 26.8. The van der Waals surface area contributed by atoms with E-state index in [0.717, 1.165) is 25.1 Å². The van der Waals surface area contributed by atoms with Crippen molar-refractivity contribution in [2.75, 3.05) is 26.2 Å². The fourth-order valence-corrected chi connectivity index (χ4v) is 3.38. The largest absolute Gasteiger partial charge is 0.392 e. The maximum atomic E-state index is 13.4. The molecule has 2 aliphatic rings. The molecule has 0 bridgehead atoms. The third kappa shape index (κ3) is 3.24. The van der Waals surface area contributed by atoms with Gasteiger partial charge in [0.25, 0.3) is 0 Å². The highest BCUT2D eigenvalue weighted by Gasteiger charge is 2.32. The van der Waals surface area contributed by atoms with Crippen LogP contribution in [0.5, 0.6) is 0 Å². The highest BCUT2D eigenvalue weighted by Crippen LogP contribution is 2.32. The van der Waals surface area contributed by atoms with Gasteiger partial charge in [0.1, 0.15) is 5.82 Å². The van der Waals surface area contributed by atoms with Gasteiger partial charge < -0.3 is 10.0 Å². The molecule has 1 aromatic rings. The van der Waals surface area contributed by atoms with Crippen molar-refractivity contribution in [3.63, 3.8) is 0 Å². The summed E-state index contributed by atoms with van der Waals surface area (Å²) in [5.74, 6) is -0.0272. The molecular weight excluding hydrogens is 271 g/mol. The molecule has 2 heterocycles. The van der Waals surface area contributed by atoms with Gasteiger partial charge >= 0.3 is 0 Å². The Morgan fingerprint density at radius 2 is 2.19 bits per heavy atom. The highest BCUT2D eigenvalue weighted by atomic mass is 19.1. The number of aliphatic hydroxyl groups excluding tert-OH is 1. The van der Waals surface area contributed by atoms with Crippen LogP contribution in [-0.2, 0) is 4.79 Å². The van der Waals surface area contributed by atoms with Crippen LogP contribution in [-0.4, -0.2) is 53.1 Å². The number of benzene rings is 1. The second kappa shape index (κ2) is 6.12. The van der Waals surface area contributed by atoms with Crippen molar-refractivity contribution in [3.05, 3.63) is 35.6 Å². The van der Waals surface area contributed by atoms with E-state index in [-0.39, 0.29) is 23.9 Å². The van der Waals surface area contributed by atoms with Crippen molar-refractivity contribution in [2.45, 2.75) is 31.4 Å². The lowest BCUT2D eigenvalue weighted by Crippen LogP contribution is -2.36. The van der Waals surface area contributed by atoms with E-state index < -0.39 is 0 Å². The lowest BCUT2D eigenvalue weighted by molar-refractivity contribution is -0.127. The zero-order valence-electron chi connectivity index (χ0n) is 12.0. The molecule has 0 radical (unpaired) electrons. The molecule has 2 fully saturated rings. The number of aliphatic hydroxyl groups is 1. The first-order valence-electron chi connectivity index (χ1n) is 7.59. The molecule has 0 aliphatic carbocycles. The molecule has 0 saturated carbocycles. The standard InChI is InChI=1S/C16H21FN2O2/c17-13-4-1-3-12(9-13)15-10-14(20)11-19(15)8-7-18-6-2-5-16(18)21/h1,3-4,9,14-15,20H,2,5-8,10-11H2/t14-,15-/m0/s1. The second-order valence-corrected chi connectivity index (χ2v) is 5.94. The molecule has 21 heavy (non-hydrogen) atoms. The van der Waals surface area contributed by atoms with Crippen molar-refractivity contribution in [1.82, 2.24) is 9.80 Å². The van der Waals surface area contributed by atoms with E-state index in [2.05, 4.69) is 4.90 Å². The molecule has 4 nitrogen and oxygen atoms in total. The van der Waals surface area contributed by atoms with Crippen LogP contribution in [0.1, 0.15) is 30.9 Å². The molecule has 2 atom stereocenters. The van der Waals surface area contributed by atoms with E-state index in [1.807, 2.05) is 11.0 Å². The molecular formula is C16H21FN2O2. The third-order valence-electron chi connectivity index (χ3n) is 4.44. The third-order valence-corrected chi connectivity index (χ3v) is 4.44. The zero-order chi connectivity index (χ0) is 14.8. The number of nitrogens with zero attached hydrogens (tertiary/aromatic N) is 2. The SMILES string of the molecule is O=C1CCCN1CCN1C[C@@H](O)C[C@H]1c1cccc(F)c1. The molecule has 0 aromatic heterocycles. The second-order valence-electron chi connectivity index (χ2n) is 5.94. The summed E-state index contributed by atoms with van der Waals surface area (Å²) < 4.78 is 13.4. The van der Waals surface area contributed by atoms with Crippen LogP contribution >= 0.6 is 0 Å². The van der Waals surface area contributed by atoms with Gasteiger partial charge in [-0.05, 0) is 30.5 Å². The van der Waals surface area contributed by atoms with E-state index in [1.54, 1.807) is 6.07 Å². The lowest BCUT2D eigenvalue weighted by atomic mass is 10.0. The average Bonchev–Trinajstić information content (AvgIpc) is 3.02. The Morgan fingerprint density at radius 3 is 2.90 bits per heavy atom. The Balaban J connectivity index is 1.66. The first-order chi connectivity index (χ1) is 10.1. The number of carbonyl (C=O) groups is 1. The van der Waals surface area contributed by atoms with Crippen molar-refractivity contribution in [3.8, 4) is 0 Å². The first kappa shape index (κ1) is 14.5. The molecule has 2 aliphatic heterocycles. The van der Waals surface area contributed by atoms with Gasteiger partial charge in [-0.2, -0.15) is 0 Å². The smallest absolute Gasteiger partial charge is 0.222 e. The number of hydrogen-bond acceptors (Lipinski definition) is 3. The van der Waals surface area contributed by atoms with Crippen LogP contribution in [0.4, 0.5) is 4.39 Å². The van der Waals surface area contributed by atoms with Gasteiger partial charge in [0.05, 0.1) is 6.10 Å². The average molecular weight is 292 g/mol. The Morgan fingerprint density at radius 1 is 1.33 bits per heavy atom. The van der Waals surface area contributed by atoms with E-state index in [1.165, 1.54) is 12.1 Å². The molecule has 0 unspecified atom stereocenters. The quantitative estimate of drug-likeness (QED) is 0.916.